The summed E-state index contributed by atoms with van der Waals surface area (Å²) in [6, 6.07) is 11.5. The number of rotatable bonds is 7. The first kappa shape index (κ1) is 27.9. The molecule has 1 aliphatic heterocycles. The zero-order valence-electron chi connectivity index (χ0n) is 19.3. The summed E-state index contributed by atoms with van der Waals surface area (Å²) in [6.45, 7) is 1.32. The minimum atomic E-state index is -0.404. The van der Waals surface area contributed by atoms with Gasteiger partial charge in [-0.25, -0.2) is 0 Å². The Balaban J connectivity index is 0.00000204. The molecule has 1 atom stereocenters. The van der Waals surface area contributed by atoms with E-state index in [4.69, 9.17) is 11.1 Å². The van der Waals surface area contributed by atoms with Crippen molar-refractivity contribution < 1.29 is 9.59 Å². The van der Waals surface area contributed by atoms with Crippen LogP contribution < -0.4 is 16.4 Å². The van der Waals surface area contributed by atoms with E-state index in [1.54, 1.807) is 4.90 Å². The molecule has 0 aromatic heterocycles. The highest BCUT2D eigenvalue weighted by Gasteiger charge is 2.34. The zero-order valence-corrected chi connectivity index (χ0v) is 21.0. The molecule has 34 heavy (non-hydrogen) atoms. The summed E-state index contributed by atoms with van der Waals surface area (Å²) in [7, 11) is 0. The van der Waals surface area contributed by atoms with Crippen molar-refractivity contribution in [1.82, 2.24) is 15.5 Å². The van der Waals surface area contributed by atoms with E-state index in [1.165, 1.54) is 19.3 Å². The van der Waals surface area contributed by atoms with Gasteiger partial charge in [-0.15, -0.1) is 24.8 Å². The van der Waals surface area contributed by atoms with Crippen molar-refractivity contribution in [2.45, 2.75) is 63.6 Å². The van der Waals surface area contributed by atoms with Gasteiger partial charge in [0.1, 0.15) is 11.9 Å². The van der Waals surface area contributed by atoms with Crippen molar-refractivity contribution in [3.05, 3.63) is 47.5 Å². The number of hydrogen-bond acceptors (Lipinski definition) is 4. The Bertz CT molecular complexity index is 1010. The first-order valence-corrected chi connectivity index (χ1v) is 11.7. The van der Waals surface area contributed by atoms with Crippen molar-refractivity contribution in [2.75, 3.05) is 13.1 Å². The molecule has 2 amide bonds. The number of halogens is 2. The number of amidine groups is 1. The van der Waals surface area contributed by atoms with E-state index in [0.717, 1.165) is 35.6 Å². The van der Waals surface area contributed by atoms with Crippen molar-refractivity contribution in [3.8, 4) is 0 Å². The first-order valence-electron chi connectivity index (χ1n) is 11.7. The second kappa shape index (κ2) is 12.9. The average Bonchev–Trinajstić information content (AvgIpc) is 3.31. The molecule has 0 radical (unpaired) electrons. The minimum absolute atomic E-state index is 0. The van der Waals surface area contributed by atoms with Gasteiger partial charge in [-0.2, -0.15) is 0 Å². The fraction of sp³-hybridized carbons (Fsp3) is 0.480. The molecule has 1 saturated carbocycles. The topological polar surface area (TPSA) is 111 Å². The highest BCUT2D eigenvalue weighted by atomic mass is 35.5. The number of nitrogens with zero attached hydrogens (tertiary/aromatic N) is 1. The third kappa shape index (κ3) is 6.40. The van der Waals surface area contributed by atoms with Crippen molar-refractivity contribution in [1.29, 1.82) is 5.41 Å². The van der Waals surface area contributed by atoms with Gasteiger partial charge in [0.2, 0.25) is 11.8 Å². The van der Waals surface area contributed by atoms with Gasteiger partial charge in [-0.3, -0.25) is 15.0 Å². The fourth-order valence-corrected chi connectivity index (χ4v) is 5.03. The summed E-state index contributed by atoms with van der Waals surface area (Å²) in [5.74, 6) is -0.0588. The lowest BCUT2D eigenvalue weighted by atomic mass is 9.95. The van der Waals surface area contributed by atoms with Gasteiger partial charge in [0.25, 0.3) is 0 Å². The number of nitrogens with one attached hydrogen (secondary N) is 3. The van der Waals surface area contributed by atoms with E-state index in [9.17, 15) is 9.59 Å². The van der Waals surface area contributed by atoms with Crippen LogP contribution in [0.1, 0.15) is 56.1 Å². The third-order valence-electron chi connectivity index (χ3n) is 6.78. The van der Waals surface area contributed by atoms with E-state index in [1.807, 2.05) is 36.4 Å². The number of carbonyl (C=O) groups excluding carboxylic acids is 2. The van der Waals surface area contributed by atoms with Gasteiger partial charge in [-0.1, -0.05) is 55.7 Å². The van der Waals surface area contributed by atoms with Crippen LogP contribution in [0.15, 0.2) is 36.4 Å². The Labute approximate surface area is 213 Å². The van der Waals surface area contributed by atoms with Crippen LogP contribution in [-0.2, 0) is 16.1 Å². The van der Waals surface area contributed by atoms with E-state index < -0.39 is 6.04 Å². The number of nitrogens with two attached hydrogens (primary N) is 1. The van der Waals surface area contributed by atoms with E-state index in [-0.39, 0.29) is 42.5 Å². The van der Waals surface area contributed by atoms with Gasteiger partial charge in [0.15, 0.2) is 0 Å². The Morgan fingerprint density at radius 3 is 2.38 bits per heavy atom. The summed E-state index contributed by atoms with van der Waals surface area (Å²) in [5, 5.41) is 16.1. The number of hydrogen-bond donors (Lipinski definition) is 4. The predicted octanol–water partition coefficient (Wildman–Crippen LogP) is 3.50. The van der Waals surface area contributed by atoms with Gasteiger partial charge in [-0.05, 0) is 42.0 Å². The largest absolute Gasteiger partial charge is 0.384 e. The average molecular weight is 508 g/mol. The molecule has 5 N–H and O–H groups in total. The Morgan fingerprint density at radius 1 is 0.971 bits per heavy atom. The zero-order chi connectivity index (χ0) is 22.5. The van der Waals surface area contributed by atoms with Crippen LogP contribution in [0.2, 0.25) is 0 Å². The molecule has 0 unspecified atom stereocenters. The Kier molecular flexibility index (Phi) is 10.6. The quantitative estimate of drug-likeness (QED) is 0.339. The van der Waals surface area contributed by atoms with Crippen LogP contribution in [-0.4, -0.2) is 47.7 Å². The maximum absolute atomic E-state index is 13.0. The van der Waals surface area contributed by atoms with Crippen LogP contribution in [0.4, 0.5) is 0 Å². The number of carbonyl (C=O) groups is 2. The van der Waals surface area contributed by atoms with Crippen LogP contribution in [0.25, 0.3) is 10.8 Å². The number of likely N-dealkylation sites (tertiary alicyclic amines) is 1. The second-order valence-electron chi connectivity index (χ2n) is 8.91. The smallest absolute Gasteiger partial charge is 0.243 e. The maximum atomic E-state index is 13.0. The number of fused-ring (bicyclic) bond motifs is 1. The van der Waals surface area contributed by atoms with Gasteiger partial charge in [0, 0.05) is 24.7 Å². The molecule has 0 bridgehead atoms. The molecular weight excluding hydrogens is 473 g/mol. The van der Waals surface area contributed by atoms with Gasteiger partial charge < -0.3 is 21.3 Å². The van der Waals surface area contributed by atoms with Gasteiger partial charge in [0.05, 0.1) is 6.54 Å². The molecule has 4 rings (SSSR count). The molecular formula is C25H35Cl2N5O2. The SMILES string of the molecule is Cl.Cl.N=C(N)c1ccc(CNC(=O)[C@H]2CCCN2C(=O)CNC2CCCCC2)c2ccccc12. The summed E-state index contributed by atoms with van der Waals surface area (Å²) >= 11 is 0. The third-order valence-corrected chi connectivity index (χ3v) is 6.78. The number of benzene rings is 2. The highest BCUT2D eigenvalue weighted by molar-refractivity contribution is 6.08. The molecule has 2 fully saturated rings. The van der Waals surface area contributed by atoms with Crippen LogP contribution in [0.3, 0.4) is 0 Å². The standard InChI is InChI=1S/C25H33N5O2.2ClH/c26-24(27)21-13-12-17(19-9-4-5-10-20(19)21)15-29-25(32)22-11-6-14-30(22)23(31)16-28-18-7-2-1-3-8-18;;/h4-5,9-10,12-13,18,22,28H,1-3,6-8,11,14-16H2,(H3,26,27)(H,29,32);2*1H/t22-;;/m1../s1. The first-order chi connectivity index (χ1) is 15.5. The van der Waals surface area contributed by atoms with Gasteiger partial charge >= 0.3 is 0 Å². The van der Waals surface area contributed by atoms with Crippen LogP contribution in [0.5, 0.6) is 0 Å². The van der Waals surface area contributed by atoms with Crippen LogP contribution >= 0.6 is 24.8 Å². The Hall–Kier alpha value is -2.35. The Morgan fingerprint density at radius 2 is 1.68 bits per heavy atom. The summed E-state index contributed by atoms with van der Waals surface area (Å²) in [5.41, 5.74) is 7.38. The van der Waals surface area contributed by atoms with Crippen LogP contribution in [0, 0.1) is 5.41 Å². The monoisotopic (exact) mass is 507 g/mol. The molecule has 2 aliphatic rings. The van der Waals surface area contributed by atoms with E-state index in [2.05, 4.69) is 10.6 Å². The summed E-state index contributed by atoms with van der Waals surface area (Å²) < 4.78 is 0. The van der Waals surface area contributed by atoms with E-state index >= 15 is 0 Å². The lowest BCUT2D eigenvalue weighted by molar-refractivity contribution is -0.137. The van der Waals surface area contributed by atoms with Crippen molar-refractivity contribution >= 4 is 53.2 Å². The molecule has 1 aliphatic carbocycles. The molecule has 1 heterocycles. The summed E-state index contributed by atoms with van der Waals surface area (Å²) in [6.07, 6.45) is 7.55. The molecule has 7 nitrogen and oxygen atoms in total. The molecule has 0 spiro atoms. The molecule has 2 aromatic carbocycles. The van der Waals surface area contributed by atoms with E-state index in [0.29, 0.717) is 37.7 Å². The second-order valence-corrected chi connectivity index (χ2v) is 8.91. The predicted molar refractivity (Wildman–Crippen MR) is 141 cm³/mol. The fourth-order valence-electron chi connectivity index (χ4n) is 5.03. The highest BCUT2D eigenvalue weighted by Crippen LogP contribution is 2.24. The lowest BCUT2D eigenvalue weighted by Crippen LogP contribution is -2.49. The molecule has 2 aromatic rings. The normalized spacial score (nSPS) is 18.1. The number of nitrogen functional groups attached to an aromatic ring is 1. The summed E-state index contributed by atoms with van der Waals surface area (Å²) in [4.78, 5) is 27.5. The maximum Gasteiger partial charge on any atom is 0.243 e. The number of amides is 2. The lowest BCUT2D eigenvalue weighted by Gasteiger charge is -2.27. The molecule has 186 valence electrons. The van der Waals surface area contributed by atoms with Crippen molar-refractivity contribution in [3.63, 3.8) is 0 Å². The minimum Gasteiger partial charge on any atom is -0.384 e. The molecule has 9 heteroatoms. The van der Waals surface area contributed by atoms with Crippen molar-refractivity contribution in [2.24, 2.45) is 5.73 Å². The molecule has 1 saturated heterocycles.